The number of nitrogens with one attached hydrogen (secondary N) is 1. The summed E-state index contributed by atoms with van der Waals surface area (Å²) >= 11 is 0.976. The van der Waals surface area contributed by atoms with Gasteiger partial charge in [0.2, 0.25) is 5.91 Å². The van der Waals surface area contributed by atoms with Gasteiger partial charge in [0, 0.05) is 12.4 Å². The lowest BCUT2D eigenvalue weighted by molar-refractivity contribution is -0.115. The number of amides is 1. The maximum Gasteiger partial charge on any atom is 0.348 e. The number of fused-ring (bicyclic) bond motifs is 1. The van der Waals surface area contributed by atoms with Crippen molar-refractivity contribution in [2.45, 2.75) is 20.3 Å². The molecular weight excluding hydrogens is 382 g/mol. The van der Waals surface area contributed by atoms with Crippen LogP contribution in [0.1, 0.15) is 36.9 Å². The van der Waals surface area contributed by atoms with Crippen molar-refractivity contribution >= 4 is 39.8 Å². The lowest BCUT2D eigenvalue weighted by Gasteiger charge is -2.05. The Labute approximate surface area is 165 Å². The fraction of sp³-hybridized carbons (Fsp3) is 0.263. The number of methoxy groups -OCH3 is 2. The first-order chi connectivity index (χ1) is 13.3. The molecule has 3 aromatic heterocycles. The minimum atomic E-state index is -0.637. The van der Waals surface area contributed by atoms with E-state index < -0.39 is 11.9 Å². The van der Waals surface area contributed by atoms with Gasteiger partial charge in [-0.3, -0.25) is 4.79 Å². The maximum absolute atomic E-state index is 12.5. The third-order valence-corrected chi connectivity index (χ3v) is 5.42. The molecule has 0 saturated carbocycles. The van der Waals surface area contributed by atoms with Gasteiger partial charge in [0.05, 0.1) is 31.9 Å². The van der Waals surface area contributed by atoms with Crippen LogP contribution in [-0.4, -0.2) is 41.5 Å². The van der Waals surface area contributed by atoms with Crippen molar-refractivity contribution in [3.05, 3.63) is 51.8 Å². The predicted octanol–water partition coefficient (Wildman–Crippen LogP) is 2.77. The Morgan fingerprint density at radius 3 is 2.54 bits per heavy atom. The highest BCUT2D eigenvalue weighted by Crippen LogP contribution is 2.34. The second kappa shape index (κ2) is 7.81. The van der Waals surface area contributed by atoms with E-state index >= 15 is 0 Å². The van der Waals surface area contributed by atoms with E-state index in [1.165, 1.54) is 14.2 Å². The summed E-state index contributed by atoms with van der Waals surface area (Å²) in [7, 11) is 2.49. The predicted molar refractivity (Wildman–Crippen MR) is 104 cm³/mol. The van der Waals surface area contributed by atoms with E-state index in [0.717, 1.165) is 22.5 Å². The van der Waals surface area contributed by atoms with Gasteiger partial charge < -0.3 is 19.2 Å². The summed E-state index contributed by atoms with van der Waals surface area (Å²) in [6, 6.07) is 3.84. The van der Waals surface area contributed by atoms with Crippen molar-refractivity contribution in [3.63, 3.8) is 0 Å². The molecule has 0 aliphatic heterocycles. The van der Waals surface area contributed by atoms with Gasteiger partial charge in [-0.15, -0.1) is 11.3 Å². The lowest BCUT2D eigenvalue weighted by atomic mass is 10.1. The van der Waals surface area contributed by atoms with E-state index in [4.69, 9.17) is 9.47 Å². The standard InChI is InChI=1S/C19H19N3O5S/c1-10-6-5-7-22-9-12(20-16(10)22)8-13(23)21-17-14(18(24)26-3)11(2)15(28-17)19(25)27-4/h5-7,9H,8H2,1-4H3,(H,21,23). The number of rotatable bonds is 5. The van der Waals surface area contributed by atoms with Gasteiger partial charge in [-0.05, 0) is 31.0 Å². The van der Waals surface area contributed by atoms with Crippen LogP contribution in [-0.2, 0) is 20.7 Å². The van der Waals surface area contributed by atoms with Crippen LogP contribution in [0.2, 0.25) is 0 Å². The zero-order chi connectivity index (χ0) is 20.4. The highest BCUT2D eigenvalue weighted by Gasteiger charge is 2.26. The summed E-state index contributed by atoms with van der Waals surface area (Å²) in [5.41, 5.74) is 2.92. The number of nitrogens with zero attached hydrogens (tertiary/aromatic N) is 2. The quantitative estimate of drug-likeness (QED) is 0.660. The lowest BCUT2D eigenvalue weighted by Crippen LogP contribution is -2.16. The van der Waals surface area contributed by atoms with Gasteiger partial charge in [0.1, 0.15) is 15.5 Å². The summed E-state index contributed by atoms with van der Waals surface area (Å²) in [6.07, 6.45) is 3.66. The molecule has 0 unspecified atom stereocenters. The van der Waals surface area contributed by atoms with Crippen LogP contribution < -0.4 is 5.32 Å². The Bertz CT molecular complexity index is 1080. The molecule has 0 fully saturated rings. The average Bonchev–Trinajstić information content (AvgIpc) is 3.22. The Morgan fingerprint density at radius 2 is 1.89 bits per heavy atom. The zero-order valence-corrected chi connectivity index (χ0v) is 16.7. The van der Waals surface area contributed by atoms with Crippen LogP contribution in [0, 0.1) is 13.8 Å². The first kappa shape index (κ1) is 19.6. The minimum Gasteiger partial charge on any atom is -0.465 e. The Morgan fingerprint density at radius 1 is 1.18 bits per heavy atom. The SMILES string of the molecule is COC(=O)c1sc(NC(=O)Cc2cn3cccc(C)c3n2)c(C(=O)OC)c1C. The summed E-state index contributed by atoms with van der Waals surface area (Å²) in [5.74, 6) is -1.57. The number of carbonyl (C=O) groups is 3. The summed E-state index contributed by atoms with van der Waals surface area (Å²) in [6.45, 7) is 3.55. The van der Waals surface area contributed by atoms with E-state index in [2.05, 4.69) is 10.3 Å². The summed E-state index contributed by atoms with van der Waals surface area (Å²) in [5, 5.41) is 2.94. The molecule has 0 spiro atoms. The van der Waals surface area contributed by atoms with Crippen molar-refractivity contribution < 1.29 is 23.9 Å². The normalized spacial score (nSPS) is 10.7. The van der Waals surface area contributed by atoms with Crippen LogP contribution >= 0.6 is 11.3 Å². The molecule has 8 nitrogen and oxygen atoms in total. The molecular formula is C19H19N3O5S. The number of carbonyl (C=O) groups excluding carboxylic acids is 3. The molecule has 3 aromatic rings. The van der Waals surface area contributed by atoms with Gasteiger partial charge in [0.25, 0.3) is 0 Å². The second-order valence-electron chi connectivity index (χ2n) is 6.12. The van der Waals surface area contributed by atoms with Crippen LogP contribution in [0.5, 0.6) is 0 Å². The number of pyridine rings is 1. The largest absolute Gasteiger partial charge is 0.465 e. The van der Waals surface area contributed by atoms with Crippen molar-refractivity contribution in [1.29, 1.82) is 0 Å². The highest BCUT2D eigenvalue weighted by atomic mass is 32.1. The molecule has 1 N–H and O–H groups in total. The van der Waals surface area contributed by atoms with Crippen LogP contribution in [0.15, 0.2) is 24.5 Å². The molecule has 9 heteroatoms. The summed E-state index contributed by atoms with van der Waals surface area (Å²) < 4.78 is 11.4. The number of imidazole rings is 1. The fourth-order valence-electron chi connectivity index (χ4n) is 2.86. The zero-order valence-electron chi connectivity index (χ0n) is 15.9. The smallest absolute Gasteiger partial charge is 0.348 e. The first-order valence-electron chi connectivity index (χ1n) is 8.38. The van der Waals surface area contributed by atoms with E-state index in [1.807, 2.05) is 29.7 Å². The van der Waals surface area contributed by atoms with E-state index in [0.29, 0.717) is 11.3 Å². The van der Waals surface area contributed by atoms with E-state index in [9.17, 15) is 14.4 Å². The maximum atomic E-state index is 12.5. The van der Waals surface area contributed by atoms with Crippen LogP contribution in [0.3, 0.4) is 0 Å². The molecule has 146 valence electrons. The molecule has 0 aromatic carbocycles. The van der Waals surface area contributed by atoms with Crippen LogP contribution in [0.4, 0.5) is 5.00 Å². The molecule has 3 rings (SSSR count). The van der Waals surface area contributed by atoms with Gasteiger partial charge in [-0.1, -0.05) is 6.07 Å². The Hall–Kier alpha value is -3.20. The first-order valence-corrected chi connectivity index (χ1v) is 9.20. The average molecular weight is 401 g/mol. The second-order valence-corrected chi connectivity index (χ2v) is 7.14. The number of esters is 2. The van der Waals surface area contributed by atoms with Crippen LogP contribution in [0.25, 0.3) is 5.65 Å². The molecule has 0 radical (unpaired) electrons. The van der Waals surface area contributed by atoms with Gasteiger partial charge >= 0.3 is 11.9 Å². The van der Waals surface area contributed by atoms with Crippen molar-refractivity contribution in [2.75, 3.05) is 19.5 Å². The Balaban J connectivity index is 1.87. The minimum absolute atomic E-state index is 0.0201. The monoisotopic (exact) mass is 401 g/mol. The third-order valence-electron chi connectivity index (χ3n) is 4.23. The molecule has 0 bridgehead atoms. The number of hydrogen-bond acceptors (Lipinski definition) is 7. The number of thiophene rings is 1. The molecule has 28 heavy (non-hydrogen) atoms. The molecule has 0 atom stereocenters. The number of aromatic nitrogens is 2. The molecule has 3 heterocycles. The highest BCUT2D eigenvalue weighted by molar-refractivity contribution is 7.18. The number of aryl methyl sites for hydroxylation is 1. The molecule has 1 amide bonds. The van der Waals surface area contributed by atoms with Gasteiger partial charge in [0.15, 0.2) is 0 Å². The topological polar surface area (TPSA) is 99.0 Å². The number of anilines is 1. The van der Waals surface area contributed by atoms with Crippen molar-refractivity contribution in [2.24, 2.45) is 0 Å². The number of hydrogen-bond donors (Lipinski definition) is 1. The Kier molecular flexibility index (Phi) is 5.46. The van der Waals surface area contributed by atoms with E-state index in [1.54, 1.807) is 13.1 Å². The van der Waals surface area contributed by atoms with E-state index in [-0.39, 0.29) is 27.8 Å². The van der Waals surface area contributed by atoms with Gasteiger partial charge in [-0.2, -0.15) is 0 Å². The fourth-order valence-corrected chi connectivity index (χ4v) is 3.99. The molecule has 0 aliphatic carbocycles. The third kappa shape index (κ3) is 3.61. The number of ether oxygens (including phenoxy) is 2. The van der Waals surface area contributed by atoms with Crippen molar-refractivity contribution in [1.82, 2.24) is 9.38 Å². The van der Waals surface area contributed by atoms with Crippen molar-refractivity contribution in [3.8, 4) is 0 Å². The molecule has 0 aliphatic rings. The molecule has 0 saturated heterocycles. The van der Waals surface area contributed by atoms with Gasteiger partial charge in [-0.25, -0.2) is 14.6 Å². The summed E-state index contributed by atoms with van der Waals surface area (Å²) in [4.78, 5) is 41.3.